The van der Waals surface area contributed by atoms with Gasteiger partial charge < -0.3 is 19.7 Å². The smallest absolute Gasteiger partial charge is 0.357 e. The van der Waals surface area contributed by atoms with E-state index in [0.717, 1.165) is 57.9 Å². The Morgan fingerprint density at radius 3 is 2.44 bits per heavy atom. The molecule has 0 radical (unpaired) electrons. The third-order valence-corrected chi connectivity index (χ3v) is 9.59. The number of thiazole rings is 1. The molecule has 5 atom stereocenters. The number of nitrogens with one attached hydrogen (secondary N) is 1. The average Bonchev–Trinajstić information content (AvgIpc) is 3.47. The highest BCUT2D eigenvalue weighted by Crippen LogP contribution is 2.32. The standard InChI is InChI=1S/C33H58N4O5S/c1-9-13-14-16-20-37(32(39)29(24(7)10-2)30(38)35-28-18-15-17-19-36(28)8)26(23(5)6)21-27(41-11-3)31-34-25(22-43-31)33(40)42-12-4/h22-24,26-29H,9-21H2,1-8H3,(H,35,38)/t24-,26+,27+,28+,29-/m0/s1. The Morgan fingerprint density at radius 1 is 1.09 bits per heavy atom. The molecule has 43 heavy (non-hydrogen) atoms. The van der Waals surface area contributed by atoms with Crippen LogP contribution in [0.2, 0.25) is 0 Å². The van der Waals surface area contributed by atoms with E-state index in [9.17, 15) is 14.4 Å². The first-order valence-corrected chi connectivity index (χ1v) is 17.5. The number of nitrogens with zero attached hydrogens (tertiary/aromatic N) is 3. The minimum atomic E-state index is -0.756. The largest absolute Gasteiger partial charge is 0.461 e. The number of esters is 1. The third kappa shape index (κ3) is 11.1. The highest BCUT2D eigenvalue weighted by molar-refractivity contribution is 7.09. The van der Waals surface area contributed by atoms with Gasteiger partial charge in [0.1, 0.15) is 17.0 Å². The van der Waals surface area contributed by atoms with Crippen LogP contribution in [0.4, 0.5) is 0 Å². The minimum Gasteiger partial charge on any atom is -0.461 e. The van der Waals surface area contributed by atoms with E-state index in [-0.39, 0.29) is 54.3 Å². The van der Waals surface area contributed by atoms with Crippen molar-refractivity contribution in [2.24, 2.45) is 17.8 Å². The van der Waals surface area contributed by atoms with Crippen LogP contribution in [-0.4, -0.2) is 78.1 Å². The highest BCUT2D eigenvalue weighted by Gasteiger charge is 2.40. The second-order valence-corrected chi connectivity index (χ2v) is 13.1. The monoisotopic (exact) mass is 622 g/mol. The Labute approximate surface area is 264 Å². The van der Waals surface area contributed by atoms with Gasteiger partial charge in [0.2, 0.25) is 11.8 Å². The van der Waals surface area contributed by atoms with Gasteiger partial charge in [-0.1, -0.05) is 60.3 Å². The van der Waals surface area contributed by atoms with Crippen molar-refractivity contribution in [2.75, 3.05) is 33.4 Å². The summed E-state index contributed by atoms with van der Waals surface area (Å²) in [6.07, 6.45) is 8.06. The maximum absolute atomic E-state index is 14.6. The number of hydrogen-bond donors (Lipinski definition) is 1. The van der Waals surface area contributed by atoms with E-state index in [1.807, 2.05) is 32.7 Å². The number of rotatable bonds is 19. The van der Waals surface area contributed by atoms with Gasteiger partial charge in [0.25, 0.3) is 0 Å². The molecular weight excluding hydrogens is 564 g/mol. The van der Waals surface area contributed by atoms with Crippen LogP contribution >= 0.6 is 11.3 Å². The highest BCUT2D eigenvalue weighted by atomic mass is 32.1. The Kier molecular flexibility index (Phi) is 16.7. The van der Waals surface area contributed by atoms with Crippen molar-refractivity contribution in [3.05, 3.63) is 16.1 Å². The molecule has 1 N–H and O–H groups in total. The number of likely N-dealkylation sites (tertiary alicyclic amines) is 1. The first kappa shape index (κ1) is 37.1. The van der Waals surface area contributed by atoms with Crippen LogP contribution in [0.3, 0.4) is 0 Å². The zero-order chi connectivity index (χ0) is 31.9. The third-order valence-electron chi connectivity index (χ3n) is 8.65. The summed E-state index contributed by atoms with van der Waals surface area (Å²) in [5.41, 5.74) is 0.279. The summed E-state index contributed by atoms with van der Waals surface area (Å²) >= 11 is 1.38. The Morgan fingerprint density at radius 2 is 1.84 bits per heavy atom. The van der Waals surface area contributed by atoms with Gasteiger partial charge in [0.05, 0.1) is 12.8 Å². The van der Waals surface area contributed by atoms with Gasteiger partial charge in [-0.2, -0.15) is 0 Å². The molecule has 1 aliphatic rings. The maximum atomic E-state index is 14.6. The number of unbranched alkanes of at least 4 members (excludes halogenated alkanes) is 3. The van der Waals surface area contributed by atoms with E-state index in [1.165, 1.54) is 11.3 Å². The fourth-order valence-corrected chi connectivity index (χ4v) is 6.69. The number of carbonyl (C=O) groups excluding carboxylic acids is 3. The lowest BCUT2D eigenvalue weighted by atomic mass is 9.87. The summed E-state index contributed by atoms with van der Waals surface area (Å²) in [7, 11) is 2.04. The molecule has 1 saturated heterocycles. The lowest BCUT2D eigenvalue weighted by Gasteiger charge is -2.40. The number of ether oxygens (including phenoxy) is 2. The number of aromatic nitrogens is 1. The molecule has 1 aromatic rings. The second kappa shape index (κ2) is 19.4. The van der Waals surface area contributed by atoms with Crippen molar-refractivity contribution in [3.8, 4) is 0 Å². The first-order valence-electron chi connectivity index (χ1n) is 16.6. The summed E-state index contributed by atoms with van der Waals surface area (Å²) in [6, 6.07) is -0.169. The molecule has 10 heteroatoms. The van der Waals surface area contributed by atoms with Crippen molar-refractivity contribution in [1.29, 1.82) is 0 Å². The number of piperidine rings is 1. The van der Waals surface area contributed by atoms with Gasteiger partial charge in [0.15, 0.2) is 5.69 Å². The van der Waals surface area contributed by atoms with Gasteiger partial charge >= 0.3 is 5.97 Å². The van der Waals surface area contributed by atoms with E-state index in [1.54, 1.807) is 12.3 Å². The molecule has 2 rings (SSSR count). The fraction of sp³-hybridized carbons (Fsp3) is 0.818. The lowest BCUT2D eigenvalue weighted by molar-refractivity contribution is -0.148. The molecule has 1 fully saturated rings. The number of hydrogen-bond acceptors (Lipinski definition) is 8. The van der Waals surface area contributed by atoms with Crippen LogP contribution in [0.15, 0.2) is 5.38 Å². The molecule has 1 aromatic heterocycles. The van der Waals surface area contributed by atoms with Crippen molar-refractivity contribution in [2.45, 2.75) is 125 Å². The SMILES string of the molecule is CCCCCCN(C(=O)[C@H](C(=O)N[C@H]1CCCCN1C)[C@@H](C)CC)[C@H](C[C@@H](OCC)c1nc(C(=O)OCC)cs1)C(C)C. The molecule has 246 valence electrons. The molecule has 0 bridgehead atoms. The van der Waals surface area contributed by atoms with Gasteiger partial charge in [-0.15, -0.1) is 11.3 Å². The molecular formula is C33H58N4O5S. The average molecular weight is 623 g/mol. The second-order valence-electron chi connectivity index (χ2n) is 12.2. The molecule has 2 heterocycles. The molecule has 0 spiro atoms. The van der Waals surface area contributed by atoms with E-state index in [4.69, 9.17) is 9.47 Å². The molecule has 0 aliphatic carbocycles. The summed E-state index contributed by atoms with van der Waals surface area (Å²) < 4.78 is 11.3. The number of amides is 2. The molecule has 0 saturated carbocycles. The van der Waals surface area contributed by atoms with Gasteiger partial charge in [0, 0.05) is 31.0 Å². The Bertz CT molecular complexity index is 986. The molecule has 1 aliphatic heterocycles. The van der Waals surface area contributed by atoms with Crippen molar-refractivity contribution in [3.63, 3.8) is 0 Å². The summed E-state index contributed by atoms with van der Waals surface area (Å²) in [4.78, 5) is 49.5. The zero-order valence-corrected chi connectivity index (χ0v) is 28.8. The molecule has 2 amide bonds. The minimum absolute atomic E-state index is 0.0414. The Hall–Kier alpha value is -2.04. The summed E-state index contributed by atoms with van der Waals surface area (Å²) in [6.45, 7) is 16.5. The van der Waals surface area contributed by atoms with Gasteiger partial charge in [-0.3, -0.25) is 14.5 Å². The van der Waals surface area contributed by atoms with E-state index in [0.29, 0.717) is 24.6 Å². The van der Waals surface area contributed by atoms with Gasteiger partial charge in [-0.05, 0) is 65.0 Å². The fourth-order valence-electron chi connectivity index (χ4n) is 5.84. The van der Waals surface area contributed by atoms with Crippen LogP contribution in [0.25, 0.3) is 0 Å². The Balaban J connectivity index is 2.41. The molecule has 0 aromatic carbocycles. The van der Waals surface area contributed by atoms with Crippen LogP contribution in [0.5, 0.6) is 0 Å². The first-order chi connectivity index (χ1) is 20.6. The lowest BCUT2D eigenvalue weighted by Crippen LogP contribution is -2.56. The van der Waals surface area contributed by atoms with Crippen molar-refractivity contribution < 1.29 is 23.9 Å². The van der Waals surface area contributed by atoms with Gasteiger partial charge in [-0.25, -0.2) is 9.78 Å². The maximum Gasteiger partial charge on any atom is 0.357 e. The van der Waals surface area contributed by atoms with Crippen molar-refractivity contribution in [1.82, 2.24) is 20.1 Å². The zero-order valence-electron chi connectivity index (χ0n) is 28.0. The normalized spacial score (nSPS) is 18.6. The quantitative estimate of drug-likeness (QED) is 0.108. The van der Waals surface area contributed by atoms with Crippen LogP contribution in [0, 0.1) is 17.8 Å². The number of carbonyl (C=O) groups is 3. The summed E-state index contributed by atoms with van der Waals surface area (Å²) in [5, 5.41) is 5.65. The van der Waals surface area contributed by atoms with E-state index >= 15 is 0 Å². The molecule has 0 unspecified atom stereocenters. The van der Waals surface area contributed by atoms with Crippen LogP contribution in [0.1, 0.15) is 128 Å². The summed E-state index contributed by atoms with van der Waals surface area (Å²) in [5.74, 6) is -1.44. The predicted molar refractivity (Wildman–Crippen MR) is 173 cm³/mol. The molecule has 9 nitrogen and oxygen atoms in total. The van der Waals surface area contributed by atoms with Crippen LogP contribution < -0.4 is 5.32 Å². The van der Waals surface area contributed by atoms with E-state index in [2.05, 4.69) is 36.0 Å². The van der Waals surface area contributed by atoms with E-state index < -0.39 is 11.9 Å². The topological polar surface area (TPSA) is 101 Å². The van der Waals surface area contributed by atoms with Crippen molar-refractivity contribution >= 4 is 29.1 Å². The predicted octanol–water partition coefficient (Wildman–Crippen LogP) is 6.44. The van der Waals surface area contributed by atoms with Crippen LogP contribution in [-0.2, 0) is 19.1 Å².